The van der Waals surface area contributed by atoms with Crippen molar-refractivity contribution in [3.05, 3.63) is 59.7 Å². The monoisotopic (exact) mass is 377 g/mol. The summed E-state index contributed by atoms with van der Waals surface area (Å²) in [5.74, 6) is 0. The fourth-order valence-corrected chi connectivity index (χ4v) is 3.31. The molecule has 2 rings (SSSR count). The molecule has 0 radical (unpaired) electrons. The summed E-state index contributed by atoms with van der Waals surface area (Å²) in [7, 11) is 1.89. The zero-order valence-electron chi connectivity index (χ0n) is 13.1. The van der Waals surface area contributed by atoms with E-state index < -0.39 is 22.9 Å². The first-order valence-electron chi connectivity index (χ1n) is 7.24. The maximum atomic E-state index is 12.6. The van der Waals surface area contributed by atoms with Crippen LogP contribution < -0.4 is 5.32 Å². The minimum Gasteiger partial charge on any atom is -0.606 e. The van der Waals surface area contributed by atoms with Crippen molar-refractivity contribution in [2.24, 2.45) is 0 Å². The first-order valence-corrected chi connectivity index (χ1v) is 8.39. The van der Waals surface area contributed by atoms with Crippen molar-refractivity contribution in [2.75, 3.05) is 13.6 Å². The van der Waals surface area contributed by atoms with Gasteiger partial charge in [-0.1, -0.05) is 12.1 Å². The van der Waals surface area contributed by atoms with Crippen molar-refractivity contribution in [3.63, 3.8) is 0 Å². The predicted molar refractivity (Wildman–Crippen MR) is 92.1 cm³/mol. The van der Waals surface area contributed by atoms with Crippen LogP contribution in [0, 0.1) is 0 Å². The van der Waals surface area contributed by atoms with Crippen LogP contribution in [0.25, 0.3) is 0 Å². The third-order valence-corrected chi connectivity index (χ3v) is 4.78. The highest BCUT2D eigenvalue weighted by molar-refractivity contribution is 7.91. The summed E-state index contributed by atoms with van der Waals surface area (Å²) in [6, 6.07) is 11.8. The Bertz CT molecular complexity index is 634. The topological polar surface area (TPSA) is 35.1 Å². The highest BCUT2D eigenvalue weighted by Gasteiger charge is 2.30. The summed E-state index contributed by atoms with van der Waals surface area (Å²) in [5, 5.41) is 3.07. The van der Waals surface area contributed by atoms with E-state index in [1.165, 1.54) is 12.1 Å². The Labute approximate surface area is 149 Å². The number of alkyl halides is 3. The molecule has 1 unspecified atom stereocenters. The molecule has 0 bridgehead atoms. The minimum atomic E-state index is -4.38. The van der Waals surface area contributed by atoms with Crippen LogP contribution in [0.5, 0.6) is 0 Å². The van der Waals surface area contributed by atoms with Gasteiger partial charge in [-0.05, 0) is 68.4 Å². The Morgan fingerprint density at radius 2 is 1.71 bits per heavy atom. The minimum absolute atomic E-state index is 0. The molecule has 132 valence electrons. The molecule has 0 aliphatic rings. The molecule has 0 aliphatic heterocycles. The van der Waals surface area contributed by atoms with Crippen LogP contribution in [0.4, 0.5) is 13.2 Å². The molecule has 1 N–H and O–H groups in total. The van der Waals surface area contributed by atoms with E-state index in [2.05, 4.69) is 5.32 Å². The Morgan fingerprint density at radius 1 is 1.04 bits per heavy atom. The summed E-state index contributed by atoms with van der Waals surface area (Å²) in [4.78, 5) is 0.970. The third kappa shape index (κ3) is 5.70. The quantitative estimate of drug-likeness (QED) is 0.596. The molecule has 0 saturated carbocycles. The van der Waals surface area contributed by atoms with E-state index >= 15 is 0 Å². The number of benzene rings is 2. The molecule has 2 aromatic carbocycles. The van der Waals surface area contributed by atoms with Gasteiger partial charge in [-0.3, -0.25) is 0 Å². The molecule has 24 heavy (non-hydrogen) atoms. The average Bonchev–Trinajstić information content (AvgIpc) is 2.54. The highest BCUT2D eigenvalue weighted by atomic mass is 35.5. The number of aryl methyl sites for hydroxylation is 1. The Kier molecular flexibility index (Phi) is 8.09. The van der Waals surface area contributed by atoms with Crippen LogP contribution in [0.15, 0.2) is 58.3 Å². The van der Waals surface area contributed by atoms with E-state index in [4.69, 9.17) is 0 Å². The van der Waals surface area contributed by atoms with Gasteiger partial charge in [-0.2, -0.15) is 13.2 Å². The molecule has 2 nitrogen and oxygen atoms in total. The van der Waals surface area contributed by atoms with Crippen molar-refractivity contribution in [1.82, 2.24) is 5.32 Å². The highest BCUT2D eigenvalue weighted by Crippen LogP contribution is 2.31. The Hall–Kier alpha value is -1.21. The number of hydrogen-bond donors (Lipinski definition) is 1. The smallest absolute Gasteiger partial charge is 0.416 e. The van der Waals surface area contributed by atoms with Gasteiger partial charge in [0, 0.05) is 11.2 Å². The fourth-order valence-electron chi connectivity index (χ4n) is 2.19. The average molecular weight is 378 g/mol. The molecule has 0 saturated heterocycles. The lowest BCUT2D eigenvalue weighted by atomic mass is 10.1. The number of rotatable bonds is 6. The first kappa shape index (κ1) is 20.8. The second-order valence-corrected chi connectivity index (χ2v) is 6.63. The van der Waals surface area contributed by atoms with Gasteiger partial charge >= 0.3 is 6.18 Å². The van der Waals surface area contributed by atoms with Gasteiger partial charge in [0.1, 0.15) is 0 Å². The lowest BCUT2D eigenvalue weighted by molar-refractivity contribution is -0.137. The van der Waals surface area contributed by atoms with Crippen molar-refractivity contribution in [3.8, 4) is 0 Å². The van der Waals surface area contributed by atoms with Crippen molar-refractivity contribution < 1.29 is 17.7 Å². The maximum absolute atomic E-state index is 12.6. The van der Waals surface area contributed by atoms with E-state index in [1.807, 2.05) is 25.2 Å². The standard InChI is InChI=1S/C17H18F3NOS.ClH/c1-21-11-3-5-13-4-2-6-16(12-13)23(22)15-9-7-14(8-10-15)17(18,19)20;/h2,4,6-10,12,21H,3,5,11H2,1H3;1H. The second-order valence-electron chi connectivity index (χ2n) is 5.15. The summed E-state index contributed by atoms with van der Waals surface area (Å²) in [5.41, 5.74) is 0.331. The Morgan fingerprint density at radius 3 is 2.29 bits per heavy atom. The van der Waals surface area contributed by atoms with Crippen LogP contribution in [-0.2, 0) is 23.8 Å². The van der Waals surface area contributed by atoms with Crippen LogP contribution in [0.3, 0.4) is 0 Å². The molecular formula is C17H19ClF3NOS. The van der Waals surface area contributed by atoms with Gasteiger partial charge in [-0.25, -0.2) is 0 Å². The Balaban J connectivity index is 0.00000288. The number of hydrogen-bond acceptors (Lipinski definition) is 2. The second kappa shape index (κ2) is 9.32. The van der Waals surface area contributed by atoms with Crippen LogP contribution in [-0.4, -0.2) is 18.1 Å². The van der Waals surface area contributed by atoms with E-state index in [9.17, 15) is 17.7 Å². The van der Waals surface area contributed by atoms with Crippen LogP contribution in [0.2, 0.25) is 0 Å². The number of halogens is 4. The molecule has 1 atom stereocenters. The van der Waals surface area contributed by atoms with Crippen molar-refractivity contribution in [1.29, 1.82) is 0 Å². The summed E-state index contributed by atoms with van der Waals surface area (Å²) >= 11 is -1.48. The fraction of sp³-hybridized carbons (Fsp3) is 0.294. The van der Waals surface area contributed by atoms with Crippen LogP contribution >= 0.6 is 12.4 Å². The zero-order valence-corrected chi connectivity index (χ0v) is 14.7. The van der Waals surface area contributed by atoms with Crippen molar-refractivity contribution >= 4 is 23.6 Å². The summed E-state index contributed by atoms with van der Waals surface area (Å²) in [6.45, 7) is 0.895. The van der Waals surface area contributed by atoms with E-state index in [0.29, 0.717) is 9.79 Å². The molecule has 0 amide bonds. The normalized spacial score (nSPS) is 12.5. The third-order valence-electron chi connectivity index (χ3n) is 3.40. The number of nitrogens with one attached hydrogen (secondary N) is 1. The van der Waals surface area contributed by atoms with Gasteiger partial charge in [0.05, 0.1) is 5.56 Å². The molecule has 2 aromatic rings. The van der Waals surface area contributed by atoms with E-state index in [1.54, 1.807) is 6.07 Å². The molecular weight excluding hydrogens is 359 g/mol. The predicted octanol–water partition coefficient (Wildman–Crippen LogP) is 4.45. The van der Waals surface area contributed by atoms with Crippen LogP contribution in [0.1, 0.15) is 17.5 Å². The SMILES string of the molecule is CNCCCc1cccc([S+]([O-])c2ccc(C(F)(F)F)cc2)c1.Cl. The van der Waals surface area contributed by atoms with Crippen molar-refractivity contribution in [2.45, 2.75) is 28.8 Å². The first-order chi connectivity index (χ1) is 10.9. The maximum Gasteiger partial charge on any atom is 0.416 e. The summed E-state index contributed by atoms with van der Waals surface area (Å²) < 4.78 is 50.2. The van der Waals surface area contributed by atoms with E-state index in [0.717, 1.165) is 37.1 Å². The molecule has 0 fully saturated rings. The summed E-state index contributed by atoms with van der Waals surface area (Å²) in [6.07, 6.45) is -2.56. The zero-order chi connectivity index (χ0) is 16.9. The molecule has 0 spiro atoms. The lowest BCUT2D eigenvalue weighted by Gasteiger charge is -2.12. The van der Waals surface area contributed by atoms with Gasteiger partial charge in [0.25, 0.3) is 0 Å². The van der Waals surface area contributed by atoms with Gasteiger partial charge < -0.3 is 9.87 Å². The molecule has 0 aromatic heterocycles. The van der Waals surface area contributed by atoms with E-state index in [-0.39, 0.29) is 12.4 Å². The molecule has 0 aliphatic carbocycles. The molecule has 0 heterocycles. The van der Waals surface area contributed by atoms with Gasteiger partial charge in [-0.15, -0.1) is 12.4 Å². The molecule has 7 heteroatoms. The van der Waals surface area contributed by atoms with Gasteiger partial charge in [0.2, 0.25) is 0 Å². The van der Waals surface area contributed by atoms with Gasteiger partial charge in [0.15, 0.2) is 9.79 Å². The lowest BCUT2D eigenvalue weighted by Crippen LogP contribution is -2.09. The largest absolute Gasteiger partial charge is 0.606 e.